The van der Waals surface area contributed by atoms with Crippen LogP contribution in [0.25, 0.3) is 43.7 Å². The van der Waals surface area contributed by atoms with E-state index >= 15 is 0 Å². The molecule has 1 aromatic heterocycles. The van der Waals surface area contributed by atoms with E-state index in [9.17, 15) is 4.57 Å². The molecule has 6 aromatic rings. The number of benzene rings is 5. The van der Waals surface area contributed by atoms with Gasteiger partial charge in [-0.25, -0.2) is 0 Å². The molecule has 152 valence electrons. The lowest BCUT2D eigenvalue weighted by Crippen LogP contribution is -2.20. The number of nitrogen functional groups attached to an aromatic ring is 1. The highest BCUT2D eigenvalue weighted by Crippen LogP contribution is 2.54. The Labute approximate surface area is 185 Å². The van der Waals surface area contributed by atoms with Gasteiger partial charge in [0.15, 0.2) is 7.14 Å². The Kier molecular flexibility index (Phi) is 3.41. The lowest BCUT2D eigenvalue weighted by Gasteiger charge is -2.15. The molecule has 32 heavy (non-hydrogen) atoms. The first-order chi connectivity index (χ1) is 15.7. The third kappa shape index (κ3) is 2.09. The maximum atomic E-state index is 14.8. The van der Waals surface area contributed by atoms with Crippen LogP contribution >= 0.6 is 7.14 Å². The van der Waals surface area contributed by atoms with Gasteiger partial charge in [0, 0.05) is 32.2 Å². The van der Waals surface area contributed by atoms with Crippen molar-refractivity contribution in [2.24, 2.45) is 0 Å². The molecule has 0 amide bonds. The van der Waals surface area contributed by atoms with Crippen LogP contribution in [0.4, 0.5) is 0 Å². The number of fused-ring (bicyclic) bond motifs is 8. The number of nitrogens with two attached hydrogens (primary N) is 1. The van der Waals surface area contributed by atoms with Gasteiger partial charge in [0.1, 0.15) is 0 Å². The van der Waals surface area contributed by atoms with E-state index in [1.54, 1.807) is 4.68 Å². The van der Waals surface area contributed by atoms with E-state index < -0.39 is 7.14 Å². The molecule has 0 fully saturated rings. The monoisotopic (exact) mass is 430 g/mol. The lowest BCUT2D eigenvalue weighted by atomic mass is 9.98. The number of hydrogen-bond donors (Lipinski definition) is 1. The molecule has 5 aromatic carbocycles. The molecule has 0 radical (unpaired) electrons. The van der Waals surface area contributed by atoms with Gasteiger partial charge in [0.25, 0.3) is 0 Å². The molecule has 2 heterocycles. The highest BCUT2D eigenvalue weighted by atomic mass is 31.2. The minimum atomic E-state index is -2.97. The van der Waals surface area contributed by atoms with Gasteiger partial charge in [0.05, 0.1) is 11.0 Å². The van der Waals surface area contributed by atoms with E-state index in [1.807, 2.05) is 66.7 Å². The molecule has 0 saturated heterocycles. The molecule has 0 saturated carbocycles. The summed E-state index contributed by atoms with van der Waals surface area (Å²) in [5, 5.41) is 7.17. The van der Waals surface area contributed by atoms with Crippen molar-refractivity contribution >= 4 is 55.6 Å². The summed E-state index contributed by atoms with van der Waals surface area (Å²) in [4.78, 5) is 0. The maximum Gasteiger partial charge on any atom is 0.172 e. The summed E-state index contributed by atoms with van der Waals surface area (Å²) < 4.78 is 16.6. The molecule has 0 spiro atoms. The van der Waals surface area contributed by atoms with E-state index in [0.717, 1.165) is 54.2 Å². The second-order valence-corrected chi connectivity index (χ2v) is 11.1. The first kappa shape index (κ1) is 17.8. The van der Waals surface area contributed by atoms with E-state index in [-0.39, 0.29) is 0 Å². The van der Waals surface area contributed by atoms with Crippen LogP contribution in [-0.2, 0) is 4.57 Å². The average Bonchev–Trinajstić information content (AvgIpc) is 3.28. The lowest BCUT2D eigenvalue weighted by molar-refractivity contribution is 0.593. The number of rotatable bonds is 1. The van der Waals surface area contributed by atoms with Crippen LogP contribution in [0.5, 0.6) is 0 Å². The summed E-state index contributed by atoms with van der Waals surface area (Å²) in [6, 6.07) is 34.7. The Morgan fingerprint density at radius 3 is 2.16 bits per heavy atom. The van der Waals surface area contributed by atoms with E-state index in [0.29, 0.717) is 0 Å². The van der Waals surface area contributed by atoms with Gasteiger partial charge in [-0.3, -0.25) is 4.68 Å². The average molecular weight is 430 g/mol. The summed E-state index contributed by atoms with van der Waals surface area (Å²) >= 11 is 0. The summed E-state index contributed by atoms with van der Waals surface area (Å²) in [5.41, 5.74) is 4.02. The van der Waals surface area contributed by atoms with Crippen LogP contribution in [0.1, 0.15) is 0 Å². The molecule has 1 unspecified atom stereocenters. The quantitative estimate of drug-likeness (QED) is 0.285. The molecular weight excluding hydrogens is 411 g/mol. The van der Waals surface area contributed by atoms with E-state index in [2.05, 4.69) is 36.4 Å². The smallest absolute Gasteiger partial charge is 0.172 e. The summed E-state index contributed by atoms with van der Waals surface area (Å²) in [6.45, 7) is 0. The first-order valence-corrected chi connectivity index (χ1v) is 12.4. The zero-order valence-corrected chi connectivity index (χ0v) is 18.1. The SMILES string of the molecule is Nn1c2cc3ccccc3cc2c2c3c(ccc21)P(=O)(c1ccccc1)c1ccccc1-3. The fraction of sp³-hybridized carbons (Fsp3) is 0. The molecule has 1 aliphatic rings. The van der Waals surface area contributed by atoms with Gasteiger partial charge in [-0.15, -0.1) is 0 Å². The van der Waals surface area contributed by atoms with Crippen molar-refractivity contribution in [2.45, 2.75) is 0 Å². The van der Waals surface area contributed by atoms with Crippen LogP contribution in [0, 0.1) is 0 Å². The second kappa shape index (κ2) is 6.12. The Balaban J connectivity index is 1.70. The standard InChI is InChI=1S/C28H19N2OP/c29-30-23-14-15-26-28(27(23)22-16-18-8-4-5-9-19(18)17-24(22)30)21-12-6-7-13-25(21)32(26,31)20-10-2-1-3-11-20/h1-17H,29H2. The van der Waals surface area contributed by atoms with Crippen molar-refractivity contribution in [1.82, 2.24) is 4.68 Å². The zero-order chi connectivity index (χ0) is 21.4. The van der Waals surface area contributed by atoms with Crippen molar-refractivity contribution in [1.29, 1.82) is 0 Å². The molecule has 7 rings (SSSR count). The van der Waals surface area contributed by atoms with Gasteiger partial charge < -0.3 is 10.4 Å². The van der Waals surface area contributed by atoms with E-state index in [1.165, 1.54) is 5.39 Å². The Morgan fingerprint density at radius 2 is 1.34 bits per heavy atom. The summed E-state index contributed by atoms with van der Waals surface area (Å²) in [6.07, 6.45) is 0. The largest absolute Gasteiger partial charge is 0.339 e. The van der Waals surface area contributed by atoms with Crippen molar-refractivity contribution < 1.29 is 4.57 Å². The van der Waals surface area contributed by atoms with Crippen molar-refractivity contribution in [3.05, 3.63) is 103 Å². The van der Waals surface area contributed by atoms with Crippen LogP contribution in [0.2, 0.25) is 0 Å². The molecule has 3 nitrogen and oxygen atoms in total. The minimum absolute atomic E-state index is 0.868. The molecule has 1 atom stereocenters. The predicted octanol–water partition coefficient (Wildman–Crippen LogP) is 5.28. The van der Waals surface area contributed by atoms with Gasteiger partial charge in [-0.2, -0.15) is 0 Å². The second-order valence-electron chi connectivity index (χ2n) is 8.40. The Bertz CT molecular complexity index is 1770. The molecule has 1 aliphatic heterocycles. The normalized spacial score (nSPS) is 17.1. The summed E-state index contributed by atoms with van der Waals surface area (Å²) in [5.74, 6) is 6.61. The first-order valence-electron chi connectivity index (χ1n) is 10.7. The predicted molar refractivity (Wildman–Crippen MR) is 135 cm³/mol. The molecule has 4 heteroatoms. The molecule has 2 N–H and O–H groups in total. The number of aromatic nitrogens is 1. The Hall–Kier alpha value is -3.81. The van der Waals surface area contributed by atoms with Crippen LogP contribution in [0.15, 0.2) is 103 Å². The third-order valence-corrected chi connectivity index (χ3v) is 9.93. The molecular formula is C28H19N2OP. The van der Waals surface area contributed by atoms with E-state index in [4.69, 9.17) is 5.84 Å². The third-order valence-electron chi connectivity index (χ3n) is 6.79. The molecule has 0 bridgehead atoms. The van der Waals surface area contributed by atoms with Gasteiger partial charge >= 0.3 is 0 Å². The topological polar surface area (TPSA) is 48.0 Å². The van der Waals surface area contributed by atoms with Gasteiger partial charge in [-0.05, 0) is 40.6 Å². The van der Waals surface area contributed by atoms with Crippen molar-refractivity contribution in [3.63, 3.8) is 0 Å². The highest BCUT2D eigenvalue weighted by molar-refractivity contribution is 7.86. The minimum Gasteiger partial charge on any atom is -0.339 e. The highest BCUT2D eigenvalue weighted by Gasteiger charge is 2.41. The zero-order valence-electron chi connectivity index (χ0n) is 17.2. The number of nitrogens with zero attached hydrogens (tertiary/aromatic N) is 1. The van der Waals surface area contributed by atoms with Gasteiger partial charge in [0.2, 0.25) is 0 Å². The van der Waals surface area contributed by atoms with Gasteiger partial charge in [-0.1, -0.05) is 78.9 Å². The molecule has 0 aliphatic carbocycles. The fourth-order valence-corrected chi connectivity index (χ4v) is 8.41. The fourth-order valence-electron chi connectivity index (χ4n) is 5.35. The van der Waals surface area contributed by atoms with Crippen LogP contribution in [0.3, 0.4) is 0 Å². The van der Waals surface area contributed by atoms with Crippen molar-refractivity contribution in [3.8, 4) is 11.1 Å². The van der Waals surface area contributed by atoms with Crippen LogP contribution < -0.4 is 21.8 Å². The number of hydrogen-bond acceptors (Lipinski definition) is 2. The maximum absolute atomic E-state index is 14.8. The van der Waals surface area contributed by atoms with Crippen LogP contribution in [-0.4, -0.2) is 4.68 Å². The summed E-state index contributed by atoms with van der Waals surface area (Å²) in [7, 11) is -2.97. The Morgan fingerprint density at radius 1 is 0.656 bits per heavy atom. The van der Waals surface area contributed by atoms with Crippen molar-refractivity contribution in [2.75, 3.05) is 5.84 Å².